The second-order valence-corrected chi connectivity index (χ2v) is 10.7. The second kappa shape index (κ2) is 8.22. The van der Waals surface area contributed by atoms with Crippen molar-refractivity contribution < 1.29 is 31.1 Å². The van der Waals surface area contributed by atoms with Gasteiger partial charge in [-0.15, -0.1) is 0 Å². The Balaban J connectivity index is 2.25. The molecule has 0 saturated carbocycles. The van der Waals surface area contributed by atoms with Gasteiger partial charge in [-0.1, -0.05) is 11.6 Å². The van der Waals surface area contributed by atoms with Gasteiger partial charge in [0.1, 0.15) is 0 Å². The molecule has 1 N–H and O–H groups in total. The fourth-order valence-electron chi connectivity index (χ4n) is 2.59. The number of rotatable bonds is 7. The van der Waals surface area contributed by atoms with Gasteiger partial charge in [0.05, 0.1) is 38.8 Å². The van der Waals surface area contributed by atoms with Crippen molar-refractivity contribution in [3.05, 3.63) is 28.8 Å². The predicted molar refractivity (Wildman–Crippen MR) is 95.8 cm³/mol. The number of nitrogens with one attached hydrogen (secondary N) is 1. The Hall–Kier alpha value is -1.20. The topological polar surface area (TPSA) is 116 Å². The molecule has 1 unspecified atom stereocenters. The summed E-state index contributed by atoms with van der Waals surface area (Å²) in [5.41, 5.74) is -0.0282. The fraction of sp³-hybridized carbons (Fsp3) is 0.533. The first kappa shape index (κ1) is 21.1. The summed E-state index contributed by atoms with van der Waals surface area (Å²) in [6.45, 7) is 0.0417. The first-order valence-electron chi connectivity index (χ1n) is 7.68. The lowest BCUT2D eigenvalue weighted by Gasteiger charge is -2.15. The van der Waals surface area contributed by atoms with Crippen LogP contribution in [0.3, 0.4) is 0 Å². The van der Waals surface area contributed by atoms with E-state index in [-0.39, 0.29) is 34.2 Å². The van der Waals surface area contributed by atoms with E-state index in [4.69, 9.17) is 21.1 Å². The maximum absolute atomic E-state index is 12.7. The number of ether oxygens (including phenoxy) is 2. The van der Waals surface area contributed by atoms with Crippen LogP contribution in [-0.2, 0) is 29.1 Å². The van der Waals surface area contributed by atoms with E-state index in [0.29, 0.717) is 0 Å². The fourth-order valence-corrected chi connectivity index (χ4v) is 7.18. The highest BCUT2D eigenvalue weighted by atomic mass is 35.5. The zero-order valence-electron chi connectivity index (χ0n) is 14.3. The van der Waals surface area contributed by atoms with Crippen LogP contribution in [-0.4, -0.2) is 66.6 Å². The molecule has 8 nitrogen and oxygen atoms in total. The number of methoxy groups -OCH3 is 2. The SMILES string of the molecule is COC(CNC(=O)c1cc(S(=O)(=O)C2CCS(=O)(=O)C2)ccc1Cl)OC. The molecule has 0 bridgehead atoms. The molecule has 1 atom stereocenters. The van der Waals surface area contributed by atoms with Crippen LogP contribution in [0.2, 0.25) is 5.02 Å². The number of hydrogen-bond donors (Lipinski definition) is 1. The van der Waals surface area contributed by atoms with E-state index in [0.717, 1.165) is 6.07 Å². The summed E-state index contributed by atoms with van der Waals surface area (Å²) in [7, 11) is -4.42. The zero-order valence-corrected chi connectivity index (χ0v) is 16.7. The molecular formula is C15H20ClNO7S2. The molecule has 0 aromatic heterocycles. The molecule has 0 radical (unpaired) electrons. The normalized spacial score (nSPS) is 19.6. The van der Waals surface area contributed by atoms with Crippen molar-refractivity contribution in [1.29, 1.82) is 0 Å². The zero-order chi connectivity index (χ0) is 19.5. The van der Waals surface area contributed by atoms with E-state index in [2.05, 4.69) is 5.32 Å². The van der Waals surface area contributed by atoms with Crippen LogP contribution in [0, 0.1) is 0 Å². The van der Waals surface area contributed by atoms with Crippen LogP contribution in [0.15, 0.2) is 23.1 Å². The van der Waals surface area contributed by atoms with E-state index in [1.165, 1.54) is 26.4 Å². The molecule has 1 fully saturated rings. The third-order valence-corrected chi connectivity index (χ3v) is 8.60. The van der Waals surface area contributed by atoms with Crippen molar-refractivity contribution in [3.63, 3.8) is 0 Å². The van der Waals surface area contributed by atoms with Crippen LogP contribution in [0.4, 0.5) is 0 Å². The molecule has 0 spiro atoms. The first-order chi connectivity index (χ1) is 12.1. The molecule has 1 aromatic carbocycles. The van der Waals surface area contributed by atoms with Crippen molar-refractivity contribution in [2.24, 2.45) is 0 Å². The minimum Gasteiger partial charge on any atom is -0.354 e. The Morgan fingerprint density at radius 1 is 1.35 bits per heavy atom. The summed E-state index contributed by atoms with van der Waals surface area (Å²) < 4.78 is 58.5. The highest BCUT2D eigenvalue weighted by Crippen LogP contribution is 2.28. The van der Waals surface area contributed by atoms with Crippen molar-refractivity contribution >= 4 is 37.2 Å². The predicted octanol–water partition coefficient (Wildman–Crippen LogP) is 0.650. The van der Waals surface area contributed by atoms with Gasteiger partial charge in [0.2, 0.25) is 0 Å². The highest BCUT2D eigenvalue weighted by Gasteiger charge is 2.38. The van der Waals surface area contributed by atoms with Gasteiger partial charge < -0.3 is 14.8 Å². The summed E-state index contributed by atoms with van der Waals surface area (Å²) in [5.74, 6) is -1.17. The van der Waals surface area contributed by atoms with Crippen molar-refractivity contribution in [1.82, 2.24) is 5.32 Å². The average Bonchev–Trinajstić information content (AvgIpc) is 2.96. The number of carbonyl (C=O) groups excluding carboxylic acids is 1. The van der Waals surface area contributed by atoms with Crippen LogP contribution in [0.25, 0.3) is 0 Å². The molecule has 26 heavy (non-hydrogen) atoms. The first-order valence-corrected chi connectivity index (χ1v) is 11.4. The summed E-state index contributed by atoms with van der Waals surface area (Å²) in [5, 5.41) is 1.60. The molecule has 1 aromatic rings. The third-order valence-electron chi connectivity index (χ3n) is 4.10. The molecule has 1 amide bonds. The van der Waals surface area contributed by atoms with Crippen LogP contribution >= 0.6 is 11.6 Å². The summed E-state index contributed by atoms with van der Waals surface area (Å²) in [6.07, 6.45) is -0.619. The number of halogens is 1. The lowest BCUT2D eigenvalue weighted by atomic mass is 10.2. The van der Waals surface area contributed by atoms with Crippen LogP contribution in [0.5, 0.6) is 0 Å². The molecule has 1 saturated heterocycles. The van der Waals surface area contributed by atoms with Gasteiger partial charge in [-0.25, -0.2) is 16.8 Å². The van der Waals surface area contributed by atoms with Crippen molar-refractivity contribution in [2.45, 2.75) is 22.9 Å². The van der Waals surface area contributed by atoms with E-state index in [1.807, 2.05) is 0 Å². The lowest BCUT2D eigenvalue weighted by molar-refractivity contribution is -0.0974. The van der Waals surface area contributed by atoms with Gasteiger partial charge in [0.25, 0.3) is 5.91 Å². The Labute approximate surface area is 157 Å². The van der Waals surface area contributed by atoms with E-state index in [9.17, 15) is 21.6 Å². The standard InChI is InChI=1S/C15H20ClNO7S2/c1-23-14(24-2)8-17-15(18)12-7-10(3-4-13(12)16)26(21,22)11-5-6-25(19,20)9-11/h3-4,7,11,14H,5-6,8-9H2,1-2H3,(H,17,18). The Morgan fingerprint density at radius 3 is 2.54 bits per heavy atom. The van der Waals surface area contributed by atoms with Gasteiger partial charge >= 0.3 is 0 Å². The smallest absolute Gasteiger partial charge is 0.253 e. The number of carbonyl (C=O) groups is 1. The quantitative estimate of drug-likeness (QED) is 0.637. The number of benzene rings is 1. The molecule has 0 aliphatic carbocycles. The second-order valence-electron chi connectivity index (χ2n) is 5.82. The summed E-state index contributed by atoms with van der Waals surface area (Å²) in [4.78, 5) is 12.2. The van der Waals surface area contributed by atoms with Crippen LogP contribution < -0.4 is 5.32 Å². The molecule has 1 aliphatic heterocycles. The molecule has 11 heteroatoms. The number of sulfone groups is 2. The minimum atomic E-state index is -3.89. The van der Waals surface area contributed by atoms with Crippen LogP contribution in [0.1, 0.15) is 16.8 Å². The maximum atomic E-state index is 12.7. The Kier molecular flexibility index (Phi) is 6.67. The van der Waals surface area contributed by atoms with E-state index in [1.54, 1.807) is 0 Å². The van der Waals surface area contributed by atoms with E-state index >= 15 is 0 Å². The average molecular weight is 426 g/mol. The molecular weight excluding hydrogens is 406 g/mol. The van der Waals surface area contributed by atoms with Gasteiger partial charge in [-0.05, 0) is 24.6 Å². The van der Waals surface area contributed by atoms with Gasteiger partial charge in [-0.3, -0.25) is 4.79 Å². The Bertz CT molecular complexity index is 879. The lowest BCUT2D eigenvalue weighted by Crippen LogP contribution is -2.34. The molecule has 1 aliphatic rings. The number of amides is 1. The van der Waals surface area contributed by atoms with Gasteiger partial charge in [0.15, 0.2) is 26.0 Å². The minimum absolute atomic E-state index is 0.0282. The third kappa shape index (κ3) is 4.74. The summed E-state index contributed by atoms with van der Waals surface area (Å²) in [6, 6.07) is 3.73. The van der Waals surface area contributed by atoms with Gasteiger partial charge in [-0.2, -0.15) is 0 Å². The van der Waals surface area contributed by atoms with E-state index < -0.39 is 42.9 Å². The molecule has 2 rings (SSSR count). The maximum Gasteiger partial charge on any atom is 0.253 e. The summed E-state index contributed by atoms with van der Waals surface area (Å²) >= 11 is 6.02. The van der Waals surface area contributed by atoms with Crippen molar-refractivity contribution in [3.8, 4) is 0 Å². The largest absolute Gasteiger partial charge is 0.354 e. The highest BCUT2D eigenvalue weighted by molar-refractivity contribution is 7.96. The molecule has 1 heterocycles. The monoisotopic (exact) mass is 425 g/mol. The molecule has 146 valence electrons. The van der Waals surface area contributed by atoms with Crippen molar-refractivity contribution in [2.75, 3.05) is 32.3 Å². The Morgan fingerprint density at radius 2 is 2.00 bits per heavy atom. The number of hydrogen-bond acceptors (Lipinski definition) is 7. The van der Waals surface area contributed by atoms with Gasteiger partial charge in [0, 0.05) is 14.2 Å².